The van der Waals surface area contributed by atoms with Crippen molar-refractivity contribution < 1.29 is 9.30 Å². The third kappa shape index (κ3) is 5.93. The van der Waals surface area contributed by atoms with Gasteiger partial charge in [0.2, 0.25) is 5.95 Å². The van der Waals surface area contributed by atoms with E-state index in [2.05, 4.69) is 56.5 Å². The number of anilines is 5. The highest BCUT2D eigenvalue weighted by Gasteiger charge is 2.26. The topological polar surface area (TPSA) is 82.6 Å². The van der Waals surface area contributed by atoms with Crippen LogP contribution in [0.3, 0.4) is 0 Å². The van der Waals surface area contributed by atoms with E-state index in [1.165, 1.54) is 5.69 Å². The number of ether oxygens (including phenoxy) is 1. The predicted molar refractivity (Wildman–Crippen MR) is 161 cm³/mol. The zero-order valence-electron chi connectivity index (χ0n) is 23.1. The molecule has 2 N–H and O–H groups in total. The van der Waals surface area contributed by atoms with E-state index < -0.39 is 7.14 Å². The lowest BCUT2D eigenvalue weighted by Gasteiger charge is -2.35. The number of likely N-dealkylation sites (N-methyl/N-ethyl adjacent to an activating group) is 1. The van der Waals surface area contributed by atoms with Gasteiger partial charge in [0.1, 0.15) is 17.9 Å². The molecular formula is C28H38ClN6O2P. The fourth-order valence-corrected chi connectivity index (χ4v) is 7.44. The highest BCUT2D eigenvalue weighted by atomic mass is 35.5. The third-order valence-electron chi connectivity index (χ3n) is 7.27. The number of rotatable bonds is 9. The summed E-state index contributed by atoms with van der Waals surface area (Å²) in [6.45, 7) is 12.1. The lowest BCUT2D eigenvalue weighted by molar-refractivity contribution is 0.312. The second kappa shape index (κ2) is 11.9. The molecule has 38 heavy (non-hydrogen) atoms. The van der Waals surface area contributed by atoms with Gasteiger partial charge in [0, 0.05) is 55.6 Å². The Balaban J connectivity index is 1.63. The van der Waals surface area contributed by atoms with Crippen LogP contribution in [0.25, 0.3) is 0 Å². The first kappa shape index (κ1) is 28.2. The maximum absolute atomic E-state index is 13.7. The first-order valence-corrected chi connectivity index (χ1v) is 15.5. The Morgan fingerprint density at radius 2 is 1.74 bits per heavy atom. The van der Waals surface area contributed by atoms with E-state index >= 15 is 0 Å². The van der Waals surface area contributed by atoms with Crippen molar-refractivity contribution in [1.82, 2.24) is 14.9 Å². The molecule has 0 bridgehead atoms. The van der Waals surface area contributed by atoms with Crippen LogP contribution in [0, 0.1) is 13.8 Å². The second-order valence-electron chi connectivity index (χ2n) is 9.76. The van der Waals surface area contributed by atoms with E-state index in [1.807, 2.05) is 39.0 Å². The molecule has 1 aliphatic heterocycles. The predicted octanol–water partition coefficient (Wildman–Crippen LogP) is 6.02. The Labute approximate surface area is 231 Å². The van der Waals surface area contributed by atoms with Crippen LogP contribution in [-0.2, 0) is 4.57 Å². The second-order valence-corrected chi connectivity index (χ2v) is 13.7. The average molecular weight is 557 g/mol. The van der Waals surface area contributed by atoms with Gasteiger partial charge in [-0.25, -0.2) is 4.98 Å². The van der Waals surface area contributed by atoms with Crippen LogP contribution in [0.5, 0.6) is 5.75 Å². The molecule has 8 nitrogen and oxygen atoms in total. The summed E-state index contributed by atoms with van der Waals surface area (Å²) in [5, 5.41) is 7.87. The van der Waals surface area contributed by atoms with Crippen LogP contribution >= 0.6 is 18.7 Å². The molecule has 0 amide bonds. The third-order valence-corrected chi connectivity index (χ3v) is 11.0. The van der Waals surface area contributed by atoms with Crippen molar-refractivity contribution in [3.05, 3.63) is 52.7 Å². The molecule has 2 heterocycles. The van der Waals surface area contributed by atoms with Gasteiger partial charge in [0.05, 0.1) is 24.7 Å². The molecule has 1 aliphatic rings. The fraction of sp³-hybridized carbons (Fsp3) is 0.429. The summed E-state index contributed by atoms with van der Waals surface area (Å²) in [5.74, 6) is 1.54. The summed E-state index contributed by atoms with van der Waals surface area (Å²) in [6, 6.07) is 10.0. The van der Waals surface area contributed by atoms with Crippen LogP contribution in [0.2, 0.25) is 5.02 Å². The Morgan fingerprint density at radius 3 is 2.39 bits per heavy atom. The van der Waals surface area contributed by atoms with Crippen LogP contribution in [-0.4, -0.2) is 67.5 Å². The average Bonchev–Trinajstić information content (AvgIpc) is 2.91. The number of aromatic nitrogens is 2. The molecule has 0 spiro atoms. The summed E-state index contributed by atoms with van der Waals surface area (Å²) >= 11 is 6.51. The van der Waals surface area contributed by atoms with Gasteiger partial charge in [-0.1, -0.05) is 37.6 Å². The Hall–Kier alpha value is -2.80. The van der Waals surface area contributed by atoms with Gasteiger partial charge in [0.15, 0.2) is 5.82 Å². The van der Waals surface area contributed by atoms with Crippen molar-refractivity contribution in [2.75, 3.05) is 68.2 Å². The standard InChI is InChI=1S/C28H38ClN6O2P/c1-7-38(36,8-2)26-19(3)10-9-11-22(26)31-27-21(29)18-30-28(33-27)32-23-16-20(4)24(17-25(23)37-6)35-14-12-34(5)13-15-35/h9-11,16-18H,7-8,12-15H2,1-6H3,(H2,30,31,32,33). The summed E-state index contributed by atoms with van der Waals surface area (Å²) in [4.78, 5) is 13.8. The number of halogens is 1. The van der Waals surface area contributed by atoms with Gasteiger partial charge in [0.25, 0.3) is 0 Å². The molecule has 1 saturated heterocycles. The Bertz CT molecular complexity index is 1340. The zero-order chi connectivity index (χ0) is 27.4. The minimum absolute atomic E-state index is 0.374. The van der Waals surface area contributed by atoms with Gasteiger partial charge in [-0.3, -0.25) is 0 Å². The summed E-state index contributed by atoms with van der Waals surface area (Å²) in [6.07, 6.45) is 2.75. The first-order valence-electron chi connectivity index (χ1n) is 13.1. The molecule has 2 aromatic carbocycles. The van der Waals surface area contributed by atoms with E-state index in [9.17, 15) is 4.57 Å². The summed E-state index contributed by atoms with van der Waals surface area (Å²) < 4.78 is 19.4. The van der Waals surface area contributed by atoms with Crippen molar-refractivity contribution >= 4 is 52.9 Å². The van der Waals surface area contributed by atoms with Gasteiger partial charge in [-0.05, 0) is 44.2 Å². The molecule has 4 rings (SSSR count). The van der Waals surface area contributed by atoms with E-state index in [0.29, 0.717) is 34.9 Å². The number of hydrogen-bond donors (Lipinski definition) is 2. The maximum atomic E-state index is 13.7. The molecule has 0 atom stereocenters. The number of aryl methyl sites for hydroxylation is 2. The highest BCUT2D eigenvalue weighted by molar-refractivity contribution is 7.72. The maximum Gasteiger partial charge on any atom is 0.229 e. The monoisotopic (exact) mass is 556 g/mol. The Kier molecular flexibility index (Phi) is 8.86. The molecule has 0 saturated carbocycles. The highest BCUT2D eigenvalue weighted by Crippen LogP contribution is 2.47. The lowest BCUT2D eigenvalue weighted by Crippen LogP contribution is -2.44. The van der Waals surface area contributed by atoms with E-state index in [0.717, 1.165) is 54.0 Å². The molecule has 0 aliphatic carbocycles. The number of piperazine rings is 1. The summed E-state index contributed by atoms with van der Waals surface area (Å²) in [7, 11) is 1.27. The van der Waals surface area contributed by atoms with Gasteiger partial charge >= 0.3 is 0 Å². The van der Waals surface area contributed by atoms with Crippen LogP contribution in [0.4, 0.5) is 28.8 Å². The van der Waals surface area contributed by atoms with Crippen LogP contribution < -0.4 is 25.6 Å². The molecule has 1 fully saturated rings. The zero-order valence-corrected chi connectivity index (χ0v) is 24.8. The molecule has 1 aromatic heterocycles. The number of nitrogens with one attached hydrogen (secondary N) is 2. The minimum Gasteiger partial charge on any atom is -0.494 e. The van der Waals surface area contributed by atoms with Crippen molar-refractivity contribution in [3.63, 3.8) is 0 Å². The van der Waals surface area contributed by atoms with E-state index in [1.54, 1.807) is 13.3 Å². The number of benzene rings is 2. The Morgan fingerprint density at radius 1 is 1.03 bits per heavy atom. The van der Waals surface area contributed by atoms with Crippen molar-refractivity contribution in [3.8, 4) is 5.75 Å². The van der Waals surface area contributed by atoms with Gasteiger partial charge < -0.3 is 29.7 Å². The molecule has 204 valence electrons. The van der Waals surface area contributed by atoms with Crippen molar-refractivity contribution in [1.29, 1.82) is 0 Å². The molecule has 0 radical (unpaired) electrons. The smallest absolute Gasteiger partial charge is 0.229 e. The van der Waals surface area contributed by atoms with E-state index in [-0.39, 0.29) is 0 Å². The van der Waals surface area contributed by atoms with Crippen molar-refractivity contribution in [2.24, 2.45) is 0 Å². The molecule has 3 aromatic rings. The van der Waals surface area contributed by atoms with Gasteiger partial charge in [-0.15, -0.1) is 0 Å². The number of methoxy groups -OCH3 is 1. The fourth-order valence-electron chi connectivity index (χ4n) is 4.94. The quantitative estimate of drug-likeness (QED) is 0.309. The molecule has 0 unspecified atom stereocenters. The number of nitrogens with zero attached hydrogens (tertiary/aromatic N) is 4. The summed E-state index contributed by atoms with van der Waals surface area (Å²) in [5.41, 5.74) is 4.83. The lowest BCUT2D eigenvalue weighted by atomic mass is 10.1. The van der Waals surface area contributed by atoms with Gasteiger partial charge in [-0.2, -0.15) is 4.98 Å². The largest absolute Gasteiger partial charge is 0.494 e. The van der Waals surface area contributed by atoms with E-state index in [4.69, 9.17) is 16.3 Å². The van der Waals surface area contributed by atoms with Crippen LogP contribution in [0.1, 0.15) is 25.0 Å². The van der Waals surface area contributed by atoms with Crippen molar-refractivity contribution in [2.45, 2.75) is 27.7 Å². The first-order chi connectivity index (χ1) is 18.2. The molecule has 10 heteroatoms. The molecular weight excluding hydrogens is 519 g/mol. The number of hydrogen-bond acceptors (Lipinski definition) is 8. The normalized spacial score (nSPS) is 14.4. The SMILES string of the molecule is CCP(=O)(CC)c1c(C)cccc1Nc1nc(Nc2cc(C)c(N3CCN(C)CC3)cc2OC)ncc1Cl. The minimum atomic E-state index is -2.55. The van der Waals surface area contributed by atoms with Crippen LogP contribution in [0.15, 0.2) is 36.5 Å².